The summed E-state index contributed by atoms with van der Waals surface area (Å²) < 4.78 is 37.8. The molecule has 0 atom stereocenters. The summed E-state index contributed by atoms with van der Waals surface area (Å²) >= 11 is 0. The van der Waals surface area contributed by atoms with Crippen molar-refractivity contribution < 1.29 is 17.9 Å². The van der Waals surface area contributed by atoms with Crippen LogP contribution in [-0.4, -0.2) is 45.6 Å². The van der Waals surface area contributed by atoms with Gasteiger partial charge in [0.1, 0.15) is 10.6 Å². The first-order valence-corrected chi connectivity index (χ1v) is 8.47. The van der Waals surface area contributed by atoms with Crippen LogP contribution in [0.25, 0.3) is 0 Å². The Hall–Kier alpha value is -1.31. The second-order valence-corrected chi connectivity index (χ2v) is 6.84. The molecule has 2 rings (SSSR count). The standard InChI is InChI=1S/C14H22N2O4S/c1-3-20-13-7-4-11(15)10-14(13)21(17,18)16(8-9-19-2)12-5-6-12/h4,7,10,12H,3,5-6,8-9,15H2,1-2H3. The highest BCUT2D eigenvalue weighted by atomic mass is 32.2. The van der Waals surface area contributed by atoms with Crippen molar-refractivity contribution in [2.45, 2.75) is 30.7 Å². The largest absolute Gasteiger partial charge is 0.492 e. The topological polar surface area (TPSA) is 81.9 Å². The average molecular weight is 314 g/mol. The van der Waals surface area contributed by atoms with Gasteiger partial charge in [-0.3, -0.25) is 0 Å². The summed E-state index contributed by atoms with van der Waals surface area (Å²) in [5, 5.41) is 0. The van der Waals surface area contributed by atoms with Crippen molar-refractivity contribution in [3.8, 4) is 5.75 Å². The number of methoxy groups -OCH3 is 1. The van der Waals surface area contributed by atoms with Crippen LogP contribution in [0, 0.1) is 0 Å². The minimum absolute atomic E-state index is 0.0565. The van der Waals surface area contributed by atoms with Gasteiger partial charge in [0.25, 0.3) is 0 Å². The van der Waals surface area contributed by atoms with Crippen molar-refractivity contribution in [1.82, 2.24) is 4.31 Å². The van der Waals surface area contributed by atoms with E-state index in [4.69, 9.17) is 15.2 Å². The van der Waals surface area contributed by atoms with Crippen molar-refractivity contribution in [3.63, 3.8) is 0 Å². The molecule has 2 N–H and O–H groups in total. The van der Waals surface area contributed by atoms with Gasteiger partial charge < -0.3 is 15.2 Å². The number of anilines is 1. The highest BCUT2D eigenvalue weighted by Crippen LogP contribution is 2.35. The molecule has 0 aliphatic heterocycles. The maximum absolute atomic E-state index is 12.9. The molecule has 118 valence electrons. The predicted molar refractivity (Wildman–Crippen MR) is 80.8 cm³/mol. The summed E-state index contributed by atoms with van der Waals surface area (Å²) in [6.45, 7) is 2.91. The maximum atomic E-state index is 12.9. The first kappa shape index (κ1) is 16.1. The lowest BCUT2D eigenvalue weighted by molar-refractivity contribution is 0.177. The van der Waals surface area contributed by atoms with Crippen LogP contribution in [0.2, 0.25) is 0 Å². The lowest BCUT2D eigenvalue weighted by atomic mass is 10.3. The molecular formula is C14H22N2O4S. The van der Waals surface area contributed by atoms with Crippen LogP contribution in [-0.2, 0) is 14.8 Å². The quantitative estimate of drug-likeness (QED) is 0.735. The van der Waals surface area contributed by atoms with E-state index < -0.39 is 10.0 Å². The number of nitrogens with two attached hydrogens (primary N) is 1. The van der Waals surface area contributed by atoms with E-state index in [2.05, 4.69) is 0 Å². The minimum atomic E-state index is -3.64. The molecule has 21 heavy (non-hydrogen) atoms. The number of hydrogen-bond donors (Lipinski definition) is 1. The molecule has 1 aromatic carbocycles. The lowest BCUT2D eigenvalue weighted by Gasteiger charge is -2.23. The molecule has 1 fully saturated rings. The zero-order valence-electron chi connectivity index (χ0n) is 12.4. The first-order chi connectivity index (χ1) is 10.0. The Morgan fingerprint density at radius 2 is 2.10 bits per heavy atom. The van der Waals surface area contributed by atoms with E-state index in [1.807, 2.05) is 6.92 Å². The summed E-state index contributed by atoms with van der Waals surface area (Å²) in [5.41, 5.74) is 6.15. The third-order valence-corrected chi connectivity index (χ3v) is 5.30. The third-order valence-electron chi connectivity index (χ3n) is 3.32. The van der Waals surface area contributed by atoms with Crippen molar-refractivity contribution in [3.05, 3.63) is 18.2 Å². The van der Waals surface area contributed by atoms with Gasteiger partial charge in [-0.2, -0.15) is 4.31 Å². The summed E-state index contributed by atoms with van der Waals surface area (Å²) in [4.78, 5) is 0.132. The number of sulfonamides is 1. The highest BCUT2D eigenvalue weighted by molar-refractivity contribution is 7.89. The van der Waals surface area contributed by atoms with Crippen LogP contribution < -0.4 is 10.5 Å². The van der Waals surface area contributed by atoms with Crippen LogP contribution in [0.4, 0.5) is 5.69 Å². The Morgan fingerprint density at radius 1 is 1.38 bits per heavy atom. The molecule has 1 saturated carbocycles. The van der Waals surface area contributed by atoms with Crippen molar-refractivity contribution in [2.75, 3.05) is 32.6 Å². The Morgan fingerprint density at radius 3 is 2.67 bits per heavy atom. The molecule has 0 radical (unpaired) electrons. The third kappa shape index (κ3) is 3.66. The number of benzene rings is 1. The number of rotatable bonds is 8. The van der Waals surface area contributed by atoms with Crippen molar-refractivity contribution in [2.24, 2.45) is 0 Å². The highest BCUT2D eigenvalue weighted by Gasteiger charge is 2.39. The molecule has 0 bridgehead atoms. The molecule has 1 aliphatic rings. The average Bonchev–Trinajstić information content (AvgIpc) is 3.26. The second kappa shape index (κ2) is 6.64. The molecule has 0 amide bonds. The van der Waals surface area contributed by atoms with Gasteiger partial charge in [0, 0.05) is 25.4 Å². The van der Waals surface area contributed by atoms with Crippen LogP contribution in [0.5, 0.6) is 5.75 Å². The zero-order valence-corrected chi connectivity index (χ0v) is 13.2. The fourth-order valence-corrected chi connectivity index (χ4v) is 4.01. The fourth-order valence-electron chi connectivity index (χ4n) is 2.17. The molecular weight excluding hydrogens is 292 g/mol. The van der Waals surface area contributed by atoms with Gasteiger partial charge in [-0.05, 0) is 38.0 Å². The summed E-state index contributed by atoms with van der Waals surface area (Å²) in [6.07, 6.45) is 1.77. The van der Waals surface area contributed by atoms with E-state index in [1.165, 1.54) is 10.4 Å². The smallest absolute Gasteiger partial charge is 0.247 e. The Balaban J connectivity index is 2.38. The van der Waals surface area contributed by atoms with Gasteiger partial charge in [-0.15, -0.1) is 0 Å². The molecule has 0 aromatic heterocycles. The van der Waals surface area contributed by atoms with Crippen LogP contribution in [0.3, 0.4) is 0 Å². The molecule has 0 unspecified atom stereocenters. The number of ether oxygens (including phenoxy) is 2. The predicted octanol–water partition coefficient (Wildman–Crippen LogP) is 1.47. The Bertz CT molecular complexity index is 585. The number of hydrogen-bond acceptors (Lipinski definition) is 5. The van der Waals surface area contributed by atoms with E-state index >= 15 is 0 Å². The number of nitrogen functional groups attached to an aromatic ring is 1. The van der Waals surface area contributed by atoms with Crippen LogP contribution >= 0.6 is 0 Å². The van der Waals surface area contributed by atoms with Gasteiger partial charge in [-0.25, -0.2) is 8.42 Å². The van der Waals surface area contributed by atoms with Gasteiger partial charge in [0.15, 0.2) is 0 Å². The summed E-state index contributed by atoms with van der Waals surface area (Å²) in [5.74, 6) is 0.342. The van der Waals surface area contributed by atoms with E-state index in [0.29, 0.717) is 31.2 Å². The number of nitrogens with zero attached hydrogens (tertiary/aromatic N) is 1. The maximum Gasteiger partial charge on any atom is 0.247 e. The minimum Gasteiger partial charge on any atom is -0.492 e. The molecule has 0 heterocycles. The van der Waals surface area contributed by atoms with E-state index in [-0.39, 0.29) is 10.9 Å². The van der Waals surface area contributed by atoms with Gasteiger partial charge in [0.2, 0.25) is 10.0 Å². The fraction of sp³-hybridized carbons (Fsp3) is 0.571. The molecule has 0 spiro atoms. The summed E-state index contributed by atoms with van der Waals surface area (Å²) in [7, 11) is -2.08. The SMILES string of the molecule is CCOc1ccc(N)cc1S(=O)(=O)N(CCOC)C1CC1. The summed E-state index contributed by atoms with van der Waals surface area (Å²) in [6, 6.07) is 4.76. The second-order valence-electron chi connectivity index (χ2n) is 4.98. The van der Waals surface area contributed by atoms with Gasteiger partial charge in [-0.1, -0.05) is 0 Å². The van der Waals surface area contributed by atoms with Crippen molar-refractivity contribution in [1.29, 1.82) is 0 Å². The zero-order chi connectivity index (χ0) is 15.5. The van der Waals surface area contributed by atoms with Gasteiger partial charge in [0.05, 0.1) is 13.2 Å². The molecule has 6 nitrogen and oxygen atoms in total. The van der Waals surface area contributed by atoms with Gasteiger partial charge >= 0.3 is 0 Å². The van der Waals surface area contributed by atoms with Crippen molar-refractivity contribution >= 4 is 15.7 Å². The molecule has 1 aliphatic carbocycles. The molecule has 1 aromatic rings. The monoisotopic (exact) mass is 314 g/mol. The lowest BCUT2D eigenvalue weighted by Crippen LogP contribution is -2.36. The molecule has 7 heteroatoms. The Labute approximate surface area is 125 Å². The van der Waals surface area contributed by atoms with Crippen LogP contribution in [0.1, 0.15) is 19.8 Å². The first-order valence-electron chi connectivity index (χ1n) is 7.03. The molecule has 0 saturated heterocycles. The van der Waals surface area contributed by atoms with E-state index in [9.17, 15) is 8.42 Å². The normalized spacial score (nSPS) is 15.4. The Kier molecular flexibility index (Phi) is 5.08. The van der Waals surface area contributed by atoms with E-state index in [0.717, 1.165) is 12.8 Å². The van der Waals surface area contributed by atoms with Crippen LogP contribution in [0.15, 0.2) is 23.1 Å². The van der Waals surface area contributed by atoms with E-state index in [1.54, 1.807) is 19.2 Å².